The predicted molar refractivity (Wildman–Crippen MR) is 273 cm³/mol. The van der Waals surface area contributed by atoms with E-state index in [1.165, 1.54) is 55.7 Å². The van der Waals surface area contributed by atoms with Gasteiger partial charge in [0.2, 0.25) is 0 Å². The van der Waals surface area contributed by atoms with Crippen LogP contribution in [0.4, 0.5) is 22.7 Å². The zero-order valence-electron chi connectivity index (χ0n) is 36.6. The molecule has 3 aliphatic carbocycles. The summed E-state index contributed by atoms with van der Waals surface area (Å²) in [6.07, 6.45) is 16.5. The highest BCUT2D eigenvalue weighted by molar-refractivity contribution is 5.90. The van der Waals surface area contributed by atoms with E-state index in [2.05, 4.69) is 247 Å². The minimum Gasteiger partial charge on any atom is -0.334 e. The predicted octanol–water partition coefficient (Wildman–Crippen LogP) is 16.2. The maximum Gasteiger partial charge on any atom is 0.0742 e. The Morgan fingerprint density at radius 2 is 1.23 bits per heavy atom. The summed E-state index contributed by atoms with van der Waals surface area (Å²) in [6, 6.07) is 70.6. The van der Waals surface area contributed by atoms with Gasteiger partial charge >= 0.3 is 0 Å². The molecule has 0 aromatic heterocycles. The van der Waals surface area contributed by atoms with Crippen molar-refractivity contribution in [1.29, 1.82) is 0 Å². The van der Waals surface area contributed by atoms with Crippen molar-refractivity contribution in [2.75, 3.05) is 9.80 Å². The lowest BCUT2D eigenvalue weighted by Gasteiger charge is -2.35. The molecule has 0 heterocycles. The van der Waals surface area contributed by atoms with Crippen LogP contribution < -0.4 is 9.80 Å². The van der Waals surface area contributed by atoms with Gasteiger partial charge in [0, 0.05) is 51.1 Å². The van der Waals surface area contributed by atoms with Crippen LogP contribution in [0.3, 0.4) is 0 Å². The molecular formula is C63H48N2. The number of nitrogens with zero attached hydrogens (tertiary/aromatic N) is 2. The number of rotatable bonds is 10. The third-order valence-corrected chi connectivity index (χ3v) is 13.1. The lowest BCUT2D eigenvalue weighted by atomic mass is 9.87. The highest BCUT2D eigenvalue weighted by Crippen LogP contribution is 2.43. The largest absolute Gasteiger partial charge is 0.334 e. The molecule has 8 aromatic carbocycles. The molecule has 0 radical (unpaired) electrons. The van der Waals surface area contributed by atoms with Gasteiger partial charge in [0.15, 0.2) is 0 Å². The number of hydrogen-bond donors (Lipinski definition) is 0. The van der Waals surface area contributed by atoms with Gasteiger partial charge in [-0.05, 0) is 125 Å². The summed E-state index contributed by atoms with van der Waals surface area (Å²) in [5.74, 6) is 0. The van der Waals surface area contributed by atoms with E-state index in [1.807, 2.05) is 0 Å². The summed E-state index contributed by atoms with van der Waals surface area (Å²) >= 11 is 0. The molecule has 0 spiro atoms. The van der Waals surface area contributed by atoms with Crippen LogP contribution in [0.5, 0.6) is 0 Å². The van der Waals surface area contributed by atoms with Crippen LogP contribution in [0, 0.1) is 19.1 Å². The average molecular weight is 833 g/mol. The monoisotopic (exact) mass is 832 g/mol. The summed E-state index contributed by atoms with van der Waals surface area (Å²) in [6.45, 7) is 2.13. The van der Waals surface area contributed by atoms with Crippen LogP contribution in [-0.2, 0) is 6.42 Å². The van der Waals surface area contributed by atoms with Gasteiger partial charge in [-0.15, -0.1) is 0 Å². The van der Waals surface area contributed by atoms with Gasteiger partial charge in [-0.2, -0.15) is 0 Å². The molecule has 0 fully saturated rings. The van der Waals surface area contributed by atoms with E-state index in [0.717, 1.165) is 76.8 Å². The van der Waals surface area contributed by atoms with Crippen LogP contribution in [0.25, 0.3) is 50.2 Å². The highest BCUT2D eigenvalue weighted by atomic mass is 15.2. The fraction of sp³-hybridized carbons (Fsp3) is 0.111. The Morgan fingerprint density at radius 3 is 1.95 bits per heavy atom. The maximum atomic E-state index is 3.62. The summed E-state index contributed by atoms with van der Waals surface area (Å²) in [7, 11) is 0. The first-order valence-corrected chi connectivity index (χ1v) is 22.9. The van der Waals surface area contributed by atoms with Crippen LogP contribution in [0.1, 0.15) is 53.5 Å². The van der Waals surface area contributed by atoms with Crippen LogP contribution in [0.2, 0.25) is 0 Å². The van der Waals surface area contributed by atoms with Gasteiger partial charge in [0.25, 0.3) is 0 Å². The molecule has 1 atom stereocenters. The molecule has 310 valence electrons. The summed E-state index contributed by atoms with van der Waals surface area (Å²) in [4.78, 5) is 4.88. The van der Waals surface area contributed by atoms with Gasteiger partial charge in [-0.25, -0.2) is 0 Å². The first kappa shape index (κ1) is 39.8. The van der Waals surface area contributed by atoms with Gasteiger partial charge < -0.3 is 9.80 Å². The van der Waals surface area contributed by atoms with Crippen molar-refractivity contribution in [3.8, 4) is 22.3 Å². The Kier molecular flexibility index (Phi) is 10.8. The lowest BCUT2D eigenvalue weighted by molar-refractivity contribution is 0.787. The van der Waals surface area contributed by atoms with Crippen molar-refractivity contribution in [2.24, 2.45) is 0 Å². The van der Waals surface area contributed by atoms with E-state index in [-0.39, 0.29) is 6.04 Å². The Morgan fingerprint density at radius 1 is 0.554 bits per heavy atom. The van der Waals surface area contributed by atoms with Crippen molar-refractivity contribution in [3.63, 3.8) is 0 Å². The quantitative estimate of drug-likeness (QED) is 0.127. The van der Waals surface area contributed by atoms with E-state index in [4.69, 9.17) is 0 Å². The number of allylic oxidation sites excluding steroid dienone is 5. The molecule has 0 bridgehead atoms. The summed E-state index contributed by atoms with van der Waals surface area (Å²) in [5, 5.41) is 2.30. The van der Waals surface area contributed by atoms with Crippen molar-refractivity contribution in [2.45, 2.75) is 45.1 Å². The molecule has 11 rings (SSSR count). The van der Waals surface area contributed by atoms with E-state index >= 15 is 0 Å². The Labute approximate surface area is 383 Å². The average Bonchev–Trinajstić information content (AvgIpc) is 3.38. The normalized spacial score (nSPS) is 15.1. The zero-order valence-corrected chi connectivity index (χ0v) is 36.6. The Hall–Kier alpha value is -8.04. The molecule has 0 amide bonds. The smallest absolute Gasteiger partial charge is 0.0742 e. The topological polar surface area (TPSA) is 6.48 Å². The van der Waals surface area contributed by atoms with Gasteiger partial charge in [0.1, 0.15) is 0 Å². The fourth-order valence-corrected chi connectivity index (χ4v) is 9.88. The minimum atomic E-state index is 0.152. The minimum absolute atomic E-state index is 0.152. The third kappa shape index (κ3) is 7.86. The SMILES string of the molecule is Cc1cccc2cc(C3=C=C=C(N(c4ccccc4)c4ccccc4-c4ccc(-c5ccccc5N(c5ccccc5)C5C=CC(c6cccc7c6CCC=C7)=CC5)cc4)CC3)c#cc12. The van der Waals surface area contributed by atoms with Crippen molar-refractivity contribution < 1.29 is 0 Å². The fourth-order valence-electron chi connectivity index (χ4n) is 9.88. The molecular weight excluding hydrogens is 785 g/mol. The first-order chi connectivity index (χ1) is 32.2. The van der Waals surface area contributed by atoms with Crippen LogP contribution >= 0.6 is 0 Å². The molecule has 2 nitrogen and oxygen atoms in total. The second kappa shape index (κ2) is 17.6. The molecule has 0 N–H and O–H groups in total. The van der Waals surface area contributed by atoms with E-state index < -0.39 is 0 Å². The number of hydrogen-bond acceptors (Lipinski definition) is 2. The molecule has 0 aliphatic heterocycles. The van der Waals surface area contributed by atoms with Crippen molar-refractivity contribution in [1.82, 2.24) is 0 Å². The van der Waals surface area contributed by atoms with Gasteiger partial charge in [0.05, 0.1) is 17.4 Å². The molecule has 1 unspecified atom stereocenters. The first-order valence-electron chi connectivity index (χ1n) is 22.9. The van der Waals surface area contributed by atoms with Gasteiger partial charge in [-0.3, -0.25) is 0 Å². The standard InChI is InChI=1S/C63H48N2/c1-45-16-14-19-52-44-51(38-43-57(45)52)46-34-39-55(40-35-46)64(53-20-4-2-5-21-53)62-28-12-10-25-60(62)49-30-32-50(33-31-49)61-26-11-13-29-63(61)65(54-22-6-3-7-23-54)56-41-36-48(37-42-56)59-27-15-18-47-17-8-9-24-58(47)59/h2-8,10-23,25-33,36-37,41,44,56H,9,24,34,39,42H2,1H3. The maximum absolute atomic E-state index is 3.62. The Bertz CT molecular complexity index is 3260. The molecule has 2 heteroatoms. The molecule has 3 aliphatic rings. The Balaban J connectivity index is 0.931. The number of aryl methyl sites for hydroxylation is 1. The van der Waals surface area contributed by atoms with E-state index in [0.29, 0.717) is 0 Å². The zero-order chi connectivity index (χ0) is 43.5. The van der Waals surface area contributed by atoms with Crippen LogP contribution in [0.15, 0.2) is 217 Å². The van der Waals surface area contributed by atoms with E-state index in [9.17, 15) is 0 Å². The summed E-state index contributed by atoms with van der Waals surface area (Å²) in [5.41, 5.74) is 26.4. The number of para-hydroxylation sites is 4. The number of fused-ring (bicyclic) bond motifs is 2. The highest BCUT2D eigenvalue weighted by Gasteiger charge is 2.25. The molecule has 65 heavy (non-hydrogen) atoms. The lowest BCUT2D eigenvalue weighted by Crippen LogP contribution is -2.30. The second-order valence-corrected chi connectivity index (χ2v) is 17.1. The van der Waals surface area contributed by atoms with Crippen molar-refractivity contribution in [3.05, 3.63) is 257 Å². The second-order valence-electron chi connectivity index (χ2n) is 17.1. The number of anilines is 4. The van der Waals surface area contributed by atoms with Crippen molar-refractivity contribution >= 4 is 50.7 Å². The molecule has 0 saturated heterocycles. The third-order valence-electron chi connectivity index (χ3n) is 13.1. The van der Waals surface area contributed by atoms with E-state index in [1.54, 1.807) is 0 Å². The summed E-state index contributed by atoms with van der Waals surface area (Å²) < 4.78 is 0. The van der Waals surface area contributed by atoms with Crippen LogP contribution in [-0.4, -0.2) is 6.04 Å². The molecule has 8 aromatic rings. The number of benzene rings is 7. The van der Waals surface area contributed by atoms with Gasteiger partial charge in [-0.1, -0.05) is 182 Å². The molecule has 0 saturated carbocycles.